The molecular weight excluding hydrogens is 362 g/mol. The monoisotopic (exact) mass is 401 g/mol. The number of rotatable bonds is 2. The van der Waals surface area contributed by atoms with Crippen LogP contribution < -0.4 is 5.32 Å². The summed E-state index contributed by atoms with van der Waals surface area (Å²) < 4.78 is 5.36. The second-order valence-corrected chi connectivity index (χ2v) is 11.4. The summed E-state index contributed by atoms with van der Waals surface area (Å²) in [7, 11) is 2.11. The van der Waals surface area contributed by atoms with E-state index < -0.39 is 5.60 Å². The van der Waals surface area contributed by atoms with Crippen molar-refractivity contribution < 1.29 is 14.6 Å². The van der Waals surface area contributed by atoms with Crippen molar-refractivity contribution in [2.24, 2.45) is 40.4 Å². The first-order valence-electron chi connectivity index (χ1n) is 12.1. The molecule has 4 aliphatic carbocycles. The fourth-order valence-corrected chi connectivity index (χ4v) is 8.95. The minimum absolute atomic E-state index is 0.0572. The number of cyclic esters (lactones) is 1. The second-order valence-electron chi connectivity index (χ2n) is 11.4. The van der Waals surface area contributed by atoms with Crippen LogP contribution in [0.4, 0.5) is 0 Å². The minimum atomic E-state index is -0.552. The van der Waals surface area contributed by atoms with Crippen molar-refractivity contribution >= 4 is 5.97 Å². The van der Waals surface area contributed by atoms with Gasteiger partial charge >= 0.3 is 5.97 Å². The van der Waals surface area contributed by atoms with Crippen LogP contribution in [0.2, 0.25) is 0 Å². The fraction of sp³-hybridized carbons (Fsp3) is 0.880. The lowest BCUT2D eigenvalue weighted by Gasteiger charge is -2.64. The molecule has 5 aliphatic rings. The highest BCUT2D eigenvalue weighted by molar-refractivity contribution is 5.82. The van der Waals surface area contributed by atoms with E-state index in [9.17, 15) is 9.90 Å². The predicted octanol–water partition coefficient (Wildman–Crippen LogP) is 4.08. The van der Waals surface area contributed by atoms with E-state index in [0.717, 1.165) is 25.2 Å². The Labute approximate surface area is 175 Å². The molecule has 4 saturated carbocycles. The fourth-order valence-electron chi connectivity index (χ4n) is 8.95. The number of aliphatic hydroxyl groups is 1. The van der Waals surface area contributed by atoms with Gasteiger partial charge in [-0.15, -0.1) is 0 Å². The lowest BCUT2D eigenvalue weighted by molar-refractivity contribution is -0.210. The van der Waals surface area contributed by atoms with Gasteiger partial charge in [0.05, 0.1) is 12.2 Å². The highest BCUT2D eigenvalue weighted by Gasteiger charge is 2.67. The van der Waals surface area contributed by atoms with Gasteiger partial charge in [-0.25, -0.2) is 4.79 Å². The van der Waals surface area contributed by atoms with Gasteiger partial charge in [-0.05, 0) is 93.9 Å². The summed E-state index contributed by atoms with van der Waals surface area (Å²) >= 11 is 0. The lowest BCUT2D eigenvalue weighted by atomic mass is 9.43. The standard InChI is InChI=1S/C25H39NO3/c1-23-11-8-18(26-3)14-17(23)5-6-21-20(23)9-12-24(2)19(10-13-25(21,24)28)16-4-7-22(27)29-15-16/h4,7,16-21,26,28H,5-6,8-15H2,1-3H3/t16?,17-,18?,19-,20+,21-,23+,24-,25+/m1/s1. The van der Waals surface area contributed by atoms with Crippen LogP contribution in [0.25, 0.3) is 0 Å². The van der Waals surface area contributed by atoms with Crippen LogP contribution in [-0.4, -0.2) is 36.4 Å². The van der Waals surface area contributed by atoms with Crippen molar-refractivity contribution in [3.05, 3.63) is 12.2 Å². The van der Waals surface area contributed by atoms with Gasteiger partial charge in [-0.3, -0.25) is 0 Å². The molecule has 4 fully saturated rings. The molecule has 4 nitrogen and oxygen atoms in total. The predicted molar refractivity (Wildman–Crippen MR) is 113 cm³/mol. The molecule has 9 atom stereocenters. The molecule has 1 heterocycles. The van der Waals surface area contributed by atoms with Crippen molar-refractivity contribution in [1.29, 1.82) is 0 Å². The largest absolute Gasteiger partial charge is 0.462 e. The molecule has 162 valence electrons. The number of fused-ring (bicyclic) bond motifs is 5. The van der Waals surface area contributed by atoms with E-state index in [0.29, 0.717) is 35.8 Å². The third-order valence-corrected chi connectivity index (χ3v) is 10.7. The van der Waals surface area contributed by atoms with E-state index in [1.807, 2.05) is 0 Å². The zero-order valence-corrected chi connectivity index (χ0v) is 18.5. The molecular formula is C25H39NO3. The van der Waals surface area contributed by atoms with Crippen molar-refractivity contribution in [3.63, 3.8) is 0 Å². The van der Waals surface area contributed by atoms with Gasteiger partial charge in [0, 0.05) is 23.5 Å². The average Bonchev–Trinajstić information content (AvgIpc) is 2.99. The van der Waals surface area contributed by atoms with E-state index in [2.05, 4.69) is 32.3 Å². The Morgan fingerprint density at radius 3 is 2.55 bits per heavy atom. The molecule has 29 heavy (non-hydrogen) atoms. The summed E-state index contributed by atoms with van der Waals surface area (Å²) in [6, 6.07) is 0.679. The Kier molecular flexibility index (Phi) is 4.71. The smallest absolute Gasteiger partial charge is 0.330 e. The Bertz CT molecular complexity index is 706. The average molecular weight is 402 g/mol. The second kappa shape index (κ2) is 6.82. The van der Waals surface area contributed by atoms with Gasteiger partial charge in [0.1, 0.15) is 0 Å². The van der Waals surface area contributed by atoms with E-state index >= 15 is 0 Å². The van der Waals surface area contributed by atoms with Crippen LogP contribution in [-0.2, 0) is 9.53 Å². The van der Waals surface area contributed by atoms with Gasteiger partial charge in [0.15, 0.2) is 0 Å². The topological polar surface area (TPSA) is 58.6 Å². The first kappa shape index (κ1) is 20.1. The normalized spacial score (nSPS) is 54.3. The van der Waals surface area contributed by atoms with Gasteiger partial charge in [-0.2, -0.15) is 0 Å². The van der Waals surface area contributed by atoms with Crippen LogP contribution in [0, 0.1) is 40.4 Å². The maximum Gasteiger partial charge on any atom is 0.330 e. The van der Waals surface area contributed by atoms with Crippen LogP contribution in [0.3, 0.4) is 0 Å². The van der Waals surface area contributed by atoms with E-state index in [1.54, 1.807) is 6.08 Å². The van der Waals surface area contributed by atoms with Crippen molar-refractivity contribution in [1.82, 2.24) is 5.32 Å². The molecule has 0 aromatic rings. The Morgan fingerprint density at radius 1 is 1.03 bits per heavy atom. The van der Waals surface area contributed by atoms with Gasteiger partial charge < -0.3 is 15.2 Å². The molecule has 0 aromatic heterocycles. The van der Waals surface area contributed by atoms with Crippen LogP contribution in [0.1, 0.15) is 71.6 Å². The number of carbonyl (C=O) groups is 1. The molecule has 0 spiro atoms. The molecule has 0 saturated heterocycles. The first-order valence-corrected chi connectivity index (χ1v) is 12.1. The third-order valence-electron chi connectivity index (χ3n) is 10.7. The van der Waals surface area contributed by atoms with Crippen molar-refractivity contribution in [2.75, 3.05) is 13.7 Å². The minimum Gasteiger partial charge on any atom is -0.462 e. The summed E-state index contributed by atoms with van der Waals surface area (Å²) in [4.78, 5) is 11.5. The maximum absolute atomic E-state index is 12.3. The summed E-state index contributed by atoms with van der Waals surface area (Å²) in [6.07, 6.45) is 14.4. The summed E-state index contributed by atoms with van der Waals surface area (Å²) in [5.41, 5.74) is -0.215. The first-order chi connectivity index (χ1) is 13.8. The number of esters is 1. The lowest BCUT2D eigenvalue weighted by Crippen LogP contribution is -2.63. The van der Waals surface area contributed by atoms with Crippen LogP contribution in [0.5, 0.6) is 0 Å². The highest BCUT2D eigenvalue weighted by Crippen LogP contribution is 2.69. The Morgan fingerprint density at radius 2 is 1.83 bits per heavy atom. The maximum atomic E-state index is 12.3. The molecule has 0 aromatic carbocycles. The number of hydrogen-bond acceptors (Lipinski definition) is 4. The van der Waals surface area contributed by atoms with E-state index in [-0.39, 0.29) is 17.3 Å². The molecule has 4 heteroatoms. The molecule has 2 N–H and O–H groups in total. The Hall–Kier alpha value is -0.870. The molecule has 2 unspecified atom stereocenters. The Balaban J connectivity index is 1.42. The van der Waals surface area contributed by atoms with E-state index in [1.165, 1.54) is 38.5 Å². The zero-order valence-electron chi connectivity index (χ0n) is 18.5. The summed E-state index contributed by atoms with van der Waals surface area (Å²) in [5.74, 6) is 2.38. The van der Waals surface area contributed by atoms with Crippen molar-refractivity contribution in [2.45, 2.75) is 83.3 Å². The molecule has 0 radical (unpaired) electrons. The molecule has 0 amide bonds. The van der Waals surface area contributed by atoms with Gasteiger partial charge in [0.2, 0.25) is 0 Å². The number of nitrogens with one attached hydrogen (secondary N) is 1. The SMILES string of the molecule is CNC1CC[C@@]2(C)[C@H](CC[C@@H]3[C@@H]2CC[C@]2(C)[C@@H](C4C=CC(=O)OC4)CC[C@]32O)C1. The molecule has 5 rings (SSSR count). The summed E-state index contributed by atoms with van der Waals surface area (Å²) in [6.45, 7) is 5.41. The third kappa shape index (κ3) is 2.74. The highest BCUT2D eigenvalue weighted by atomic mass is 16.5. The number of carbonyl (C=O) groups excluding carboxylic acids is 1. The van der Waals surface area contributed by atoms with Crippen LogP contribution in [0.15, 0.2) is 12.2 Å². The molecule has 0 bridgehead atoms. The zero-order chi connectivity index (χ0) is 20.4. The summed E-state index contributed by atoms with van der Waals surface area (Å²) in [5, 5.41) is 15.8. The molecule has 1 aliphatic heterocycles. The van der Waals surface area contributed by atoms with Crippen molar-refractivity contribution in [3.8, 4) is 0 Å². The van der Waals surface area contributed by atoms with E-state index in [4.69, 9.17) is 4.74 Å². The quantitative estimate of drug-likeness (QED) is 0.685. The van der Waals surface area contributed by atoms with Gasteiger partial charge in [-0.1, -0.05) is 19.9 Å². The number of ether oxygens (including phenoxy) is 1. The van der Waals surface area contributed by atoms with Gasteiger partial charge in [0.25, 0.3) is 0 Å². The number of hydrogen-bond donors (Lipinski definition) is 2. The van der Waals surface area contributed by atoms with Crippen LogP contribution >= 0.6 is 0 Å².